The largest absolute Gasteiger partial charge is 0.494 e. The van der Waals surface area contributed by atoms with Crippen molar-refractivity contribution < 1.29 is 24.2 Å². The highest BCUT2D eigenvalue weighted by Gasteiger charge is 2.25. The molecule has 6 heteroatoms. The second-order valence-corrected chi connectivity index (χ2v) is 10.1. The number of aryl methyl sites for hydroxylation is 2. The van der Waals surface area contributed by atoms with Crippen molar-refractivity contribution in [3.63, 3.8) is 0 Å². The highest BCUT2D eigenvalue weighted by atomic mass is 16.6. The Hall–Kier alpha value is -3.02. The van der Waals surface area contributed by atoms with Crippen LogP contribution in [0.3, 0.4) is 0 Å². The number of carboxylic acid groups (broad SMARTS) is 1. The van der Waals surface area contributed by atoms with Gasteiger partial charge in [-0.3, -0.25) is 4.79 Å². The molecule has 0 aliphatic rings. The second kappa shape index (κ2) is 14.4. The lowest BCUT2D eigenvalue weighted by atomic mass is 10.1. The minimum absolute atomic E-state index is 0.127. The first-order valence-electron chi connectivity index (χ1n) is 12.6. The first-order valence-corrected chi connectivity index (χ1v) is 12.6. The van der Waals surface area contributed by atoms with Crippen LogP contribution in [0, 0.1) is 5.92 Å². The number of benzene rings is 2. The van der Waals surface area contributed by atoms with Crippen LogP contribution in [-0.4, -0.2) is 47.4 Å². The molecule has 0 aliphatic heterocycles. The third kappa shape index (κ3) is 11.8. The number of hydrogen-bond acceptors (Lipinski definition) is 4. The standard InChI is InChI=1S/C29H41NO5/c1-23(27(31)32)22-30(28(33)35-29(2,3)4)20-11-15-25-16-18-26(19-17-25)34-21-10-6-9-14-24-12-7-5-8-13-24/h5,7-8,12-13,16-19,23H,6,9-11,14-15,20-22H2,1-4H3,(H,31,32). The molecule has 2 aromatic carbocycles. The Morgan fingerprint density at radius 3 is 2.14 bits per heavy atom. The van der Waals surface area contributed by atoms with Crippen LogP contribution >= 0.6 is 0 Å². The molecule has 1 amide bonds. The predicted molar refractivity (Wildman–Crippen MR) is 139 cm³/mol. The molecule has 1 unspecified atom stereocenters. The van der Waals surface area contributed by atoms with E-state index in [0.717, 1.165) is 43.4 Å². The van der Waals surface area contributed by atoms with Crippen LogP contribution in [0.15, 0.2) is 54.6 Å². The molecular formula is C29H41NO5. The van der Waals surface area contributed by atoms with Crippen LogP contribution in [0.25, 0.3) is 0 Å². The highest BCUT2D eigenvalue weighted by molar-refractivity contribution is 5.72. The average molecular weight is 484 g/mol. The number of rotatable bonds is 14. The van der Waals surface area contributed by atoms with Crippen LogP contribution in [0.2, 0.25) is 0 Å². The van der Waals surface area contributed by atoms with Gasteiger partial charge in [-0.05, 0) is 82.6 Å². The number of aliphatic carboxylic acids is 1. The van der Waals surface area contributed by atoms with E-state index in [2.05, 4.69) is 24.3 Å². The normalized spacial score (nSPS) is 12.1. The SMILES string of the molecule is CC(CN(CCCc1ccc(OCCCCCc2ccccc2)cc1)C(=O)OC(C)(C)C)C(=O)O. The van der Waals surface area contributed by atoms with Gasteiger partial charge in [-0.1, -0.05) is 49.4 Å². The number of hydrogen-bond donors (Lipinski definition) is 1. The quantitative estimate of drug-likeness (QED) is 0.316. The lowest BCUT2D eigenvalue weighted by molar-refractivity contribution is -0.141. The Morgan fingerprint density at radius 1 is 0.886 bits per heavy atom. The van der Waals surface area contributed by atoms with Gasteiger partial charge in [-0.15, -0.1) is 0 Å². The predicted octanol–water partition coefficient (Wildman–Crippen LogP) is 6.37. The molecular weight excluding hydrogens is 442 g/mol. The summed E-state index contributed by atoms with van der Waals surface area (Å²) in [5.74, 6) is -0.717. The zero-order chi connectivity index (χ0) is 25.7. The monoisotopic (exact) mass is 483 g/mol. The van der Waals surface area contributed by atoms with Crippen molar-refractivity contribution in [3.8, 4) is 5.75 Å². The van der Waals surface area contributed by atoms with Crippen LogP contribution in [0.1, 0.15) is 64.5 Å². The molecule has 2 aromatic rings. The van der Waals surface area contributed by atoms with E-state index in [9.17, 15) is 14.7 Å². The summed E-state index contributed by atoms with van der Waals surface area (Å²) in [7, 11) is 0. The summed E-state index contributed by atoms with van der Waals surface area (Å²) in [4.78, 5) is 25.3. The van der Waals surface area contributed by atoms with Gasteiger partial charge in [0.05, 0.1) is 12.5 Å². The zero-order valence-electron chi connectivity index (χ0n) is 21.7. The highest BCUT2D eigenvalue weighted by Crippen LogP contribution is 2.16. The average Bonchev–Trinajstić information content (AvgIpc) is 2.81. The van der Waals surface area contributed by atoms with Gasteiger partial charge in [0, 0.05) is 13.1 Å². The Morgan fingerprint density at radius 2 is 1.51 bits per heavy atom. The van der Waals surface area contributed by atoms with E-state index in [1.165, 1.54) is 10.5 Å². The molecule has 1 atom stereocenters. The molecule has 0 radical (unpaired) electrons. The van der Waals surface area contributed by atoms with Gasteiger partial charge in [0.1, 0.15) is 11.4 Å². The fourth-order valence-corrected chi connectivity index (χ4v) is 3.66. The van der Waals surface area contributed by atoms with Crippen LogP contribution in [0.4, 0.5) is 4.79 Å². The van der Waals surface area contributed by atoms with Crippen molar-refractivity contribution >= 4 is 12.1 Å². The van der Waals surface area contributed by atoms with Gasteiger partial charge in [-0.25, -0.2) is 4.79 Å². The molecule has 0 saturated carbocycles. The molecule has 6 nitrogen and oxygen atoms in total. The molecule has 0 bridgehead atoms. The minimum Gasteiger partial charge on any atom is -0.494 e. The van der Waals surface area contributed by atoms with Crippen LogP contribution < -0.4 is 4.74 Å². The zero-order valence-corrected chi connectivity index (χ0v) is 21.7. The summed E-state index contributed by atoms with van der Waals surface area (Å²) < 4.78 is 11.3. The molecule has 0 saturated heterocycles. The molecule has 35 heavy (non-hydrogen) atoms. The number of carbonyl (C=O) groups excluding carboxylic acids is 1. The first-order chi connectivity index (χ1) is 16.6. The molecule has 0 heterocycles. The molecule has 0 spiro atoms. The van der Waals surface area contributed by atoms with E-state index in [4.69, 9.17) is 9.47 Å². The number of unbranched alkanes of at least 4 members (excludes halogenated alkanes) is 2. The van der Waals surface area contributed by atoms with Crippen molar-refractivity contribution in [1.29, 1.82) is 0 Å². The molecule has 0 fully saturated rings. The van der Waals surface area contributed by atoms with Gasteiger partial charge in [0.25, 0.3) is 0 Å². The first kappa shape index (κ1) is 28.2. The number of carboxylic acids is 1. The van der Waals surface area contributed by atoms with Gasteiger partial charge < -0.3 is 19.5 Å². The summed E-state index contributed by atoms with van der Waals surface area (Å²) in [6.45, 7) is 8.28. The van der Waals surface area contributed by atoms with E-state index in [0.29, 0.717) is 19.6 Å². The van der Waals surface area contributed by atoms with Crippen molar-refractivity contribution in [2.75, 3.05) is 19.7 Å². The van der Waals surface area contributed by atoms with Crippen LogP contribution in [0.5, 0.6) is 5.75 Å². The third-order valence-electron chi connectivity index (χ3n) is 5.61. The van der Waals surface area contributed by atoms with E-state index >= 15 is 0 Å². The lowest BCUT2D eigenvalue weighted by Crippen LogP contribution is -2.41. The maximum atomic E-state index is 12.5. The number of nitrogens with zero attached hydrogens (tertiary/aromatic N) is 1. The molecule has 1 N–H and O–H groups in total. The van der Waals surface area contributed by atoms with Crippen molar-refractivity contribution in [2.45, 2.75) is 71.8 Å². The van der Waals surface area contributed by atoms with Crippen molar-refractivity contribution in [1.82, 2.24) is 4.90 Å². The minimum atomic E-state index is -0.926. The number of carbonyl (C=O) groups is 2. The Balaban J connectivity index is 1.71. The Bertz CT molecular complexity index is 890. The summed E-state index contributed by atoms with van der Waals surface area (Å²) in [6, 6.07) is 18.6. The Labute approximate surface area is 210 Å². The van der Waals surface area contributed by atoms with E-state index in [1.54, 1.807) is 27.7 Å². The lowest BCUT2D eigenvalue weighted by Gasteiger charge is -2.28. The summed E-state index contributed by atoms with van der Waals surface area (Å²) in [5, 5.41) is 9.24. The van der Waals surface area contributed by atoms with Gasteiger partial charge in [0.15, 0.2) is 0 Å². The third-order valence-corrected chi connectivity index (χ3v) is 5.61. The van der Waals surface area contributed by atoms with E-state index < -0.39 is 23.6 Å². The van der Waals surface area contributed by atoms with E-state index in [-0.39, 0.29) is 6.54 Å². The maximum Gasteiger partial charge on any atom is 0.410 e. The van der Waals surface area contributed by atoms with Gasteiger partial charge in [0.2, 0.25) is 0 Å². The molecule has 0 aliphatic carbocycles. The smallest absolute Gasteiger partial charge is 0.410 e. The van der Waals surface area contributed by atoms with Crippen LogP contribution in [-0.2, 0) is 22.4 Å². The topological polar surface area (TPSA) is 76.1 Å². The van der Waals surface area contributed by atoms with Gasteiger partial charge in [-0.2, -0.15) is 0 Å². The van der Waals surface area contributed by atoms with Crippen molar-refractivity contribution in [2.24, 2.45) is 5.92 Å². The fourth-order valence-electron chi connectivity index (χ4n) is 3.66. The van der Waals surface area contributed by atoms with Crippen molar-refractivity contribution in [3.05, 3.63) is 65.7 Å². The summed E-state index contributed by atoms with van der Waals surface area (Å²) in [6.07, 6.45) is 5.46. The van der Waals surface area contributed by atoms with Gasteiger partial charge >= 0.3 is 12.1 Å². The van der Waals surface area contributed by atoms with E-state index in [1.807, 2.05) is 30.3 Å². The molecule has 2 rings (SSSR count). The Kier molecular flexibility index (Phi) is 11.6. The number of amides is 1. The maximum absolute atomic E-state index is 12.5. The summed E-state index contributed by atoms with van der Waals surface area (Å²) >= 11 is 0. The second-order valence-electron chi connectivity index (χ2n) is 10.1. The molecule has 0 aromatic heterocycles. The summed E-state index contributed by atoms with van der Waals surface area (Å²) in [5.41, 5.74) is 1.91. The fraction of sp³-hybridized carbons (Fsp3) is 0.517. The number of ether oxygens (including phenoxy) is 2. The molecule has 192 valence electrons.